The first-order chi connectivity index (χ1) is 16.8. The number of aromatic nitrogens is 2. The van der Waals surface area contributed by atoms with Gasteiger partial charge in [-0.05, 0) is 62.1 Å². The smallest absolute Gasteiger partial charge is 0.165 e. The predicted octanol–water partition coefficient (Wildman–Crippen LogP) is 5.55. The summed E-state index contributed by atoms with van der Waals surface area (Å²) in [6, 6.07) is 8.99. The molecule has 0 unspecified atom stereocenters. The van der Waals surface area contributed by atoms with Gasteiger partial charge in [0.1, 0.15) is 12.1 Å². The van der Waals surface area contributed by atoms with Gasteiger partial charge < -0.3 is 5.32 Å². The average molecular weight is 489 g/mol. The molecule has 1 aliphatic heterocycles. The van der Waals surface area contributed by atoms with Gasteiger partial charge in [-0.3, -0.25) is 9.69 Å². The number of anilines is 2. The van der Waals surface area contributed by atoms with Crippen LogP contribution in [0.2, 0.25) is 5.02 Å². The molecule has 3 aromatic rings. The van der Waals surface area contributed by atoms with Crippen LogP contribution in [-0.4, -0.2) is 39.8 Å². The van der Waals surface area contributed by atoms with Gasteiger partial charge in [0.05, 0.1) is 16.2 Å². The van der Waals surface area contributed by atoms with Crippen molar-refractivity contribution in [1.82, 2.24) is 14.9 Å². The number of hydrogen-bond donors (Lipinski definition) is 1. The minimum absolute atomic E-state index is 0.0175. The molecule has 0 bridgehead atoms. The SMILES string of the molecule is C=CC(=O)Cc1cc2c(Nc3cccc(Cl)c3F)ncnc2cc1C#C[C@]12C[C@H]1CN(C(C)C)C2. The van der Waals surface area contributed by atoms with Crippen LogP contribution in [0.3, 0.4) is 0 Å². The molecule has 0 amide bonds. The molecule has 7 heteroatoms. The first-order valence-electron chi connectivity index (χ1n) is 11.7. The van der Waals surface area contributed by atoms with Crippen LogP contribution in [0.5, 0.6) is 0 Å². The van der Waals surface area contributed by atoms with E-state index in [1.165, 1.54) is 18.5 Å². The summed E-state index contributed by atoms with van der Waals surface area (Å²) < 4.78 is 14.5. The monoisotopic (exact) mass is 488 g/mol. The molecule has 5 nitrogen and oxygen atoms in total. The number of carbonyl (C=O) groups is 1. The van der Waals surface area contributed by atoms with Gasteiger partial charge in [0.2, 0.25) is 0 Å². The number of fused-ring (bicyclic) bond motifs is 2. The van der Waals surface area contributed by atoms with Crippen molar-refractivity contribution >= 4 is 39.8 Å². The lowest BCUT2D eigenvalue weighted by molar-refractivity contribution is -0.114. The molecular weight excluding hydrogens is 463 g/mol. The summed E-state index contributed by atoms with van der Waals surface area (Å²) in [4.78, 5) is 23.5. The predicted molar refractivity (Wildman–Crippen MR) is 137 cm³/mol. The lowest BCUT2D eigenvalue weighted by Gasteiger charge is -2.22. The number of carbonyl (C=O) groups excluding carboxylic acids is 1. The maximum atomic E-state index is 14.5. The molecule has 5 rings (SSSR count). The highest BCUT2D eigenvalue weighted by Crippen LogP contribution is 2.57. The number of likely N-dealkylation sites (tertiary alicyclic amines) is 1. The van der Waals surface area contributed by atoms with E-state index in [1.807, 2.05) is 12.1 Å². The molecule has 1 N–H and O–H groups in total. The van der Waals surface area contributed by atoms with Crippen LogP contribution < -0.4 is 5.32 Å². The molecule has 0 spiro atoms. The lowest BCUT2D eigenvalue weighted by atomic mass is 9.98. The number of piperidine rings is 1. The molecule has 2 aromatic carbocycles. The van der Waals surface area contributed by atoms with E-state index >= 15 is 0 Å². The van der Waals surface area contributed by atoms with Crippen molar-refractivity contribution < 1.29 is 9.18 Å². The Balaban J connectivity index is 1.54. The van der Waals surface area contributed by atoms with Crippen LogP contribution in [0, 0.1) is 29.0 Å². The summed E-state index contributed by atoms with van der Waals surface area (Å²) >= 11 is 5.93. The number of hydrogen-bond acceptors (Lipinski definition) is 5. The van der Waals surface area contributed by atoms with Gasteiger partial charge in [-0.25, -0.2) is 14.4 Å². The Kier molecular flexibility index (Phi) is 6.08. The Bertz CT molecular complexity index is 1410. The summed E-state index contributed by atoms with van der Waals surface area (Å²) in [6.07, 6.45) is 4.03. The topological polar surface area (TPSA) is 58.1 Å². The van der Waals surface area contributed by atoms with Gasteiger partial charge in [0, 0.05) is 41.9 Å². The number of allylic oxidation sites excluding steroid dienone is 1. The van der Waals surface area contributed by atoms with Crippen molar-refractivity contribution in [1.29, 1.82) is 0 Å². The number of ketones is 1. The maximum absolute atomic E-state index is 14.5. The van der Waals surface area contributed by atoms with E-state index in [9.17, 15) is 9.18 Å². The fourth-order valence-electron chi connectivity index (χ4n) is 4.80. The summed E-state index contributed by atoms with van der Waals surface area (Å²) in [7, 11) is 0. The summed E-state index contributed by atoms with van der Waals surface area (Å²) in [5, 5.41) is 3.70. The molecule has 1 saturated heterocycles. The molecule has 35 heavy (non-hydrogen) atoms. The third kappa shape index (κ3) is 4.54. The Morgan fingerprint density at radius 3 is 2.97 bits per heavy atom. The zero-order valence-corrected chi connectivity index (χ0v) is 20.5. The van der Waals surface area contributed by atoms with Crippen LogP contribution in [0.15, 0.2) is 49.3 Å². The van der Waals surface area contributed by atoms with E-state index < -0.39 is 5.82 Å². The van der Waals surface area contributed by atoms with Gasteiger partial charge in [-0.15, -0.1) is 0 Å². The highest BCUT2D eigenvalue weighted by Gasteiger charge is 2.59. The summed E-state index contributed by atoms with van der Waals surface area (Å²) in [5.41, 5.74) is 2.45. The Morgan fingerprint density at radius 2 is 2.23 bits per heavy atom. The van der Waals surface area contributed by atoms with Crippen molar-refractivity contribution in [2.24, 2.45) is 11.3 Å². The van der Waals surface area contributed by atoms with E-state index in [1.54, 1.807) is 12.1 Å². The molecule has 2 aliphatic rings. The second kappa shape index (κ2) is 9.07. The third-order valence-electron chi connectivity index (χ3n) is 7.01. The quantitative estimate of drug-likeness (QED) is 0.364. The van der Waals surface area contributed by atoms with Crippen molar-refractivity contribution in [3.8, 4) is 11.8 Å². The largest absolute Gasteiger partial charge is 0.337 e. The number of nitrogens with one attached hydrogen (secondary N) is 1. The molecule has 178 valence electrons. The summed E-state index contributed by atoms with van der Waals surface area (Å²) in [5.74, 6) is 7.30. The molecular formula is C28H26ClFN4O. The Morgan fingerprint density at radius 1 is 1.40 bits per heavy atom. The van der Waals surface area contributed by atoms with E-state index in [2.05, 4.69) is 52.5 Å². The fraction of sp³-hybridized carbons (Fsp3) is 0.321. The number of benzene rings is 2. The van der Waals surface area contributed by atoms with Crippen molar-refractivity contribution in [2.75, 3.05) is 18.4 Å². The minimum Gasteiger partial charge on any atom is -0.337 e. The van der Waals surface area contributed by atoms with Gasteiger partial charge in [0.25, 0.3) is 0 Å². The highest BCUT2D eigenvalue weighted by molar-refractivity contribution is 6.31. The van der Waals surface area contributed by atoms with Crippen molar-refractivity contribution in [3.05, 3.63) is 71.3 Å². The number of nitrogens with zero attached hydrogens (tertiary/aromatic N) is 3. The van der Waals surface area contributed by atoms with Crippen LogP contribution in [0.1, 0.15) is 31.4 Å². The van der Waals surface area contributed by atoms with Gasteiger partial charge >= 0.3 is 0 Å². The van der Waals surface area contributed by atoms with E-state index in [0.29, 0.717) is 28.7 Å². The minimum atomic E-state index is -0.560. The normalized spacial score (nSPS) is 20.9. The van der Waals surface area contributed by atoms with E-state index in [4.69, 9.17) is 11.6 Å². The average Bonchev–Trinajstić information content (AvgIpc) is 3.39. The molecule has 1 aromatic heterocycles. The third-order valence-corrected chi connectivity index (χ3v) is 7.30. The molecule has 2 atom stereocenters. The van der Waals surface area contributed by atoms with Crippen LogP contribution >= 0.6 is 11.6 Å². The Hall–Kier alpha value is -3.27. The van der Waals surface area contributed by atoms with Gasteiger partial charge in [-0.2, -0.15) is 0 Å². The molecule has 2 fully saturated rings. The lowest BCUT2D eigenvalue weighted by Crippen LogP contribution is -2.31. The zero-order valence-electron chi connectivity index (χ0n) is 19.7. The van der Waals surface area contributed by atoms with Crippen molar-refractivity contribution in [3.63, 3.8) is 0 Å². The maximum Gasteiger partial charge on any atom is 0.165 e. The zero-order chi connectivity index (χ0) is 24.7. The standard InChI is InChI=1S/C28H26ClFN4O/c1-4-21(35)10-19-11-22-25(31-16-32-27(22)33-24-7-5-6-23(29)26(24)30)12-18(19)8-9-28-13-20(28)14-34(15-28)17(2)3/h4-7,11-12,16-17,20H,1,10,13-15H2,2-3H3,(H,31,32,33)/t20-,28+/m0/s1. The Labute approximate surface area is 209 Å². The van der Waals surface area contributed by atoms with Crippen molar-refractivity contribution in [2.45, 2.75) is 32.7 Å². The van der Waals surface area contributed by atoms with Crippen LogP contribution in [-0.2, 0) is 11.2 Å². The molecule has 0 radical (unpaired) electrons. The fourth-order valence-corrected chi connectivity index (χ4v) is 4.97. The molecule has 1 saturated carbocycles. The van der Waals surface area contributed by atoms with Crippen LogP contribution in [0.25, 0.3) is 10.9 Å². The van der Waals surface area contributed by atoms with Gasteiger partial charge in [0.15, 0.2) is 11.6 Å². The first-order valence-corrected chi connectivity index (χ1v) is 12.1. The number of halogens is 2. The second-order valence-corrected chi connectivity index (χ2v) is 10.1. The second-order valence-electron chi connectivity index (χ2n) is 9.65. The molecule has 2 heterocycles. The van der Waals surface area contributed by atoms with E-state index in [0.717, 1.165) is 30.6 Å². The molecule has 1 aliphatic carbocycles. The van der Waals surface area contributed by atoms with Crippen LogP contribution in [0.4, 0.5) is 15.9 Å². The summed E-state index contributed by atoms with van der Waals surface area (Å²) in [6.45, 7) is 10.1. The first kappa shape index (κ1) is 23.5. The number of rotatable bonds is 6. The van der Waals surface area contributed by atoms with Gasteiger partial charge in [-0.1, -0.05) is 36.1 Å². The van der Waals surface area contributed by atoms with E-state index in [-0.39, 0.29) is 28.3 Å². The highest BCUT2D eigenvalue weighted by atomic mass is 35.5.